The van der Waals surface area contributed by atoms with Crippen LogP contribution in [0.4, 0.5) is 5.69 Å². The van der Waals surface area contributed by atoms with E-state index < -0.39 is 0 Å². The van der Waals surface area contributed by atoms with Crippen LogP contribution < -0.4 is 5.32 Å². The second kappa shape index (κ2) is 8.14. The zero-order chi connectivity index (χ0) is 20.4. The SMILES string of the molecule is CCC(C)(C)Cc1ccc(CCCC(=O)Nc2cnc3c(c2)C=CC2CC32)cc1. The minimum absolute atomic E-state index is 0.0668. The van der Waals surface area contributed by atoms with E-state index in [-0.39, 0.29) is 5.91 Å². The maximum Gasteiger partial charge on any atom is 0.224 e. The van der Waals surface area contributed by atoms with Gasteiger partial charge < -0.3 is 5.32 Å². The molecular formula is C26H32N2O. The lowest BCUT2D eigenvalue weighted by Crippen LogP contribution is -2.13. The Morgan fingerprint density at radius 2 is 1.97 bits per heavy atom. The van der Waals surface area contributed by atoms with Gasteiger partial charge in [-0.1, -0.05) is 63.6 Å². The van der Waals surface area contributed by atoms with Crippen LogP contribution in [0, 0.1) is 11.3 Å². The standard InChI is InChI=1S/C26H32N2O/c1-4-26(2,3)16-19-10-8-18(9-11-19)6-5-7-24(29)28-22-14-21-13-12-20-15-23(20)25(21)27-17-22/h8-14,17,20,23H,4-7,15-16H2,1-3H3,(H,28,29). The van der Waals surface area contributed by atoms with Gasteiger partial charge in [0.05, 0.1) is 17.6 Å². The number of benzene rings is 1. The van der Waals surface area contributed by atoms with E-state index in [0.29, 0.717) is 23.7 Å². The number of rotatable bonds is 8. The summed E-state index contributed by atoms with van der Waals surface area (Å²) in [5.74, 6) is 1.37. The lowest BCUT2D eigenvalue weighted by Gasteiger charge is -2.22. The fraction of sp³-hybridized carbons (Fsp3) is 0.462. The molecule has 152 valence electrons. The summed E-state index contributed by atoms with van der Waals surface area (Å²) in [6, 6.07) is 11.0. The summed E-state index contributed by atoms with van der Waals surface area (Å²) in [7, 11) is 0. The van der Waals surface area contributed by atoms with Crippen molar-refractivity contribution in [3.05, 3.63) is 65.0 Å². The van der Waals surface area contributed by atoms with Gasteiger partial charge in [0.1, 0.15) is 0 Å². The minimum Gasteiger partial charge on any atom is -0.325 e. The van der Waals surface area contributed by atoms with E-state index in [1.807, 2.05) is 6.20 Å². The lowest BCUT2D eigenvalue weighted by molar-refractivity contribution is -0.116. The lowest BCUT2D eigenvalue weighted by atomic mass is 9.83. The molecule has 0 saturated heterocycles. The Morgan fingerprint density at radius 1 is 1.21 bits per heavy atom. The number of amides is 1. The monoisotopic (exact) mass is 388 g/mol. The molecule has 0 radical (unpaired) electrons. The molecule has 1 aromatic carbocycles. The Kier molecular flexibility index (Phi) is 5.58. The second-order valence-electron chi connectivity index (χ2n) is 9.48. The molecule has 2 aliphatic carbocycles. The van der Waals surface area contributed by atoms with E-state index in [9.17, 15) is 4.79 Å². The van der Waals surface area contributed by atoms with Crippen molar-refractivity contribution in [3.8, 4) is 0 Å². The van der Waals surface area contributed by atoms with Crippen LogP contribution in [0.3, 0.4) is 0 Å². The summed E-state index contributed by atoms with van der Waals surface area (Å²) < 4.78 is 0. The molecule has 0 spiro atoms. The summed E-state index contributed by atoms with van der Waals surface area (Å²) in [6.45, 7) is 6.88. The van der Waals surface area contributed by atoms with E-state index in [4.69, 9.17) is 0 Å². The molecule has 1 aromatic heterocycles. The summed E-state index contributed by atoms with van der Waals surface area (Å²) in [5, 5.41) is 3.01. The third kappa shape index (κ3) is 4.95. The highest BCUT2D eigenvalue weighted by atomic mass is 16.1. The molecule has 1 saturated carbocycles. The smallest absolute Gasteiger partial charge is 0.224 e. The van der Waals surface area contributed by atoms with Crippen LogP contribution in [0.15, 0.2) is 42.6 Å². The van der Waals surface area contributed by atoms with Crippen LogP contribution in [0.1, 0.15) is 74.8 Å². The average molecular weight is 389 g/mol. The first-order chi connectivity index (χ1) is 13.9. The van der Waals surface area contributed by atoms with Crippen molar-refractivity contribution in [2.75, 3.05) is 5.32 Å². The Bertz CT molecular complexity index is 911. The average Bonchev–Trinajstić information content (AvgIpc) is 3.49. The molecule has 29 heavy (non-hydrogen) atoms. The number of pyridine rings is 1. The largest absolute Gasteiger partial charge is 0.325 e. The highest BCUT2D eigenvalue weighted by Crippen LogP contribution is 2.51. The fourth-order valence-corrected chi connectivity index (χ4v) is 4.15. The summed E-state index contributed by atoms with van der Waals surface area (Å²) >= 11 is 0. The molecule has 2 unspecified atom stereocenters. The third-order valence-corrected chi connectivity index (χ3v) is 6.48. The maximum absolute atomic E-state index is 12.3. The second-order valence-corrected chi connectivity index (χ2v) is 9.48. The number of carbonyl (C=O) groups is 1. The van der Waals surface area contributed by atoms with Gasteiger partial charge in [-0.25, -0.2) is 0 Å². The van der Waals surface area contributed by atoms with Crippen molar-refractivity contribution in [2.24, 2.45) is 11.3 Å². The molecule has 0 aliphatic heterocycles. The van der Waals surface area contributed by atoms with E-state index in [1.54, 1.807) is 0 Å². The van der Waals surface area contributed by atoms with Gasteiger partial charge in [-0.15, -0.1) is 0 Å². The molecule has 0 bridgehead atoms. The van der Waals surface area contributed by atoms with Gasteiger partial charge in [0.25, 0.3) is 0 Å². The summed E-state index contributed by atoms with van der Waals surface area (Å²) in [6.07, 6.45) is 12.1. The van der Waals surface area contributed by atoms with Crippen molar-refractivity contribution in [1.82, 2.24) is 4.98 Å². The first kappa shape index (κ1) is 19.9. The van der Waals surface area contributed by atoms with E-state index >= 15 is 0 Å². The minimum atomic E-state index is 0.0668. The first-order valence-corrected chi connectivity index (χ1v) is 11.0. The summed E-state index contributed by atoms with van der Waals surface area (Å²) in [5.41, 5.74) is 6.20. The topological polar surface area (TPSA) is 42.0 Å². The Hall–Kier alpha value is -2.42. The molecule has 4 rings (SSSR count). The third-order valence-electron chi connectivity index (χ3n) is 6.48. The molecule has 1 heterocycles. The van der Waals surface area contributed by atoms with Crippen molar-refractivity contribution >= 4 is 17.7 Å². The highest BCUT2D eigenvalue weighted by molar-refractivity contribution is 5.91. The van der Waals surface area contributed by atoms with Crippen molar-refractivity contribution < 1.29 is 4.79 Å². The predicted octanol–water partition coefficient (Wildman–Crippen LogP) is 6.15. The maximum atomic E-state index is 12.3. The number of nitrogens with zero attached hydrogens (tertiary/aromatic N) is 1. The van der Waals surface area contributed by atoms with Gasteiger partial charge in [0.15, 0.2) is 0 Å². The number of allylic oxidation sites excluding steroid dienone is 1. The number of nitrogens with one attached hydrogen (secondary N) is 1. The fourth-order valence-electron chi connectivity index (χ4n) is 4.15. The van der Waals surface area contributed by atoms with Crippen LogP contribution in [0.25, 0.3) is 6.08 Å². The number of carbonyl (C=O) groups excluding carboxylic acids is 1. The molecule has 2 atom stereocenters. The quantitative estimate of drug-likeness (QED) is 0.589. The number of hydrogen-bond donors (Lipinski definition) is 1. The van der Waals surface area contributed by atoms with E-state index in [2.05, 4.69) is 73.6 Å². The zero-order valence-corrected chi connectivity index (χ0v) is 17.9. The highest BCUT2D eigenvalue weighted by Gasteiger charge is 2.40. The molecule has 1 fully saturated rings. The van der Waals surface area contributed by atoms with Gasteiger partial charge in [0, 0.05) is 12.3 Å². The molecular weight excluding hydrogens is 356 g/mol. The number of hydrogen-bond acceptors (Lipinski definition) is 2. The van der Waals surface area contributed by atoms with Crippen molar-refractivity contribution in [2.45, 2.75) is 65.2 Å². The van der Waals surface area contributed by atoms with Crippen LogP contribution in [0.5, 0.6) is 0 Å². The number of aryl methyl sites for hydroxylation is 1. The van der Waals surface area contributed by atoms with Gasteiger partial charge in [-0.2, -0.15) is 0 Å². The first-order valence-electron chi connectivity index (χ1n) is 11.0. The molecule has 3 nitrogen and oxygen atoms in total. The Morgan fingerprint density at radius 3 is 2.72 bits per heavy atom. The molecule has 1 N–H and O–H groups in total. The normalized spacial score (nSPS) is 19.4. The van der Waals surface area contributed by atoms with Gasteiger partial charge >= 0.3 is 0 Å². The Balaban J connectivity index is 1.24. The van der Waals surface area contributed by atoms with Crippen LogP contribution in [-0.2, 0) is 17.6 Å². The van der Waals surface area contributed by atoms with Gasteiger partial charge in [0.2, 0.25) is 5.91 Å². The molecule has 2 aliphatic rings. The molecule has 3 heteroatoms. The van der Waals surface area contributed by atoms with Crippen LogP contribution >= 0.6 is 0 Å². The number of anilines is 1. The van der Waals surface area contributed by atoms with E-state index in [0.717, 1.165) is 30.5 Å². The van der Waals surface area contributed by atoms with Crippen LogP contribution in [0.2, 0.25) is 0 Å². The van der Waals surface area contributed by atoms with Crippen molar-refractivity contribution in [1.29, 1.82) is 0 Å². The van der Waals surface area contributed by atoms with E-state index in [1.165, 1.54) is 29.7 Å². The number of fused-ring (bicyclic) bond motifs is 3. The predicted molar refractivity (Wildman–Crippen MR) is 120 cm³/mol. The van der Waals surface area contributed by atoms with Crippen molar-refractivity contribution in [3.63, 3.8) is 0 Å². The van der Waals surface area contributed by atoms with Gasteiger partial charge in [-0.05, 0) is 59.8 Å². The van der Waals surface area contributed by atoms with Crippen LogP contribution in [-0.4, -0.2) is 10.9 Å². The molecule has 2 aromatic rings. The summed E-state index contributed by atoms with van der Waals surface area (Å²) in [4.78, 5) is 16.9. The zero-order valence-electron chi connectivity index (χ0n) is 17.9. The Labute approximate surface area is 174 Å². The number of aromatic nitrogens is 1. The van der Waals surface area contributed by atoms with Gasteiger partial charge in [-0.3, -0.25) is 9.78 Å². The molecule has 1 amide bonds.